The molecule has 0 saturated carbocycles. The number of thiocarbonyl (C=S) groups is 1. The summed E-state index contributed by atoms with van der Waals surface area (Å²) in [6.07, 6.45) is 3.79. The van der Waals surface area contributed by atoms with E-state index in [0.717, 1.165) is 11.1 Å². The Morgan fingerprint density at radius 1 is 1.12 bits per heavy atom. The molecule has 1 aliphatic rings. The van der Waals surface area contributed by atoms with E-state index in [1.165, 1.54) is 28.8 Å². The van der Waals surface area contributed by atoms with Crippen LogP contribution in [0.2, 0.25) is 0 Å². The molecule has 4 nitrogen and oxygen atoms in total. The largest absolute Gasteiger partial charge is 0.545 e. The second-order valence-corrected chi connectivity index (χ2v) is 7.33. The van der Waals surface area contributed by atoms with Gasteiger partial charge in [-0.2, -0.15) is 0 Å². The molecule has 0 aromatic heterocycles. The molecule has 0 bridgehead atoms. The number of carbonyl (C=O) groups is 2. The van der Waals surface area contributed by atoms with E-state index in [2.05, 4.69) is 0 Å². The number of rotatable bonds is 4. The first-order chi connectivity index (χ1) is 12.5. The van der Waals surface area contributed by atoms with Crippen LogP contribution in [0.15, 0.2) is 71.2 Å². The second kappa shape index (κ2) is 7.68. The molecule has 0 radical (unpaired) electrons. The van der Waals surface area contributed by atoms with E-state index in [0.29, 0.717) is 14.9 Å². The number of carbonyl (C=O) groups excluding carboxylic acids is 2. The molecular formula is C20H14NO3S2-. The molecule has 1 amide bonds. The highest BCUT2D eigenvalue weighted by molar-refractivity contribution is 8.27. The molecule has 0 spiro atoms. The maximum absolute atomic E-state index is 12.7. The number of amides is 1. The fourth-order valence-electron chi connectivity index (χ4n) is 2.50. The van der Waals surface area contributed by atoms with Crippen LogP contribution in [0, 0.1) is 0 Å². The van der Waals surface area contributed by atoms with E-state index in [9.17, 15) is 14.7 Å². The number of benzene rings is 2. The van der Waals surface area contributed by atoms with Crippen LogP contribution in [0.1, 0.15) is 22.8 Å². The summed E-state index contributed by atoms with van der Waals surface area (Å²) in [5.41, 5.74) is 2.57. The monoisotopic (exact) mass is 380 g/mol. The molecule has 2 aromatic carbocycles. The molecule has 2 aromatic rings. The Kier molecular flexibility index (Phi) is 5.35. The molecule has 1 heterocycles. The van der Waals surface area contributed by atoms with Crippen LogP contribution in [0.4, 0.5) is 5.69 Å². The van der Waals surface area contributed by atoms with Crippen molar-refractivity contribution < 1.29 is 14.7 Å². The molecule has 6 heteroatoms. The van der Waals surface area contributed by atoms with Crippen LogP contribution < -0.4 is 10.0 Å². The summed E-state index contributed by atoms with van der Waals surface area (Å²) in [5, 5.41) is 10.8. The SMILES string of the molecule is CC(=C/c1ccccc1)/C=C1\SC(=S)N(c2ccc(C(=O)[O-])cc2)C1=O. The van der Waals surface area contributed by atoms with Crippen molar-refractivity contribution >= 4 is 51.9 Å². The van der Waals surface area contributed by atoms with E-state index in [-0.39, 0.29) is 11.5 Å². The number of allylic oxidation sites excluding steroid dienone is 2. The lowest BCUT2D eigenvalue weighted by Gasteiger charge is -2.15. The number of carboxylic acid groups (broad SMARTS) is 1. The summed E-state index contributed by atoms with van der Waals surface area (Å²) in [4.78, 5) is 25.5. The Morgan fingerprint density at radius 2 is 1.77 bits per heavy atom. The van der Waals surface area contributed by atoms with Crippen LogP contribution in [0.3, 0.4) is 0 Å². The Bertz CT molecular complexity index is 931. The van der Waals surface area contributed by atoms with Crippen molar-refractivity contribution in [1.29, 1.82) is 0 Å². The summed E-state index contributed by atoms with van der Waals surface area (Å²) in [5.74, 6) is -1.48. The number of hydrogen-bond donors (Lipinski definition) is 0. The maximum Gasteiger partial charge on any atom is 0.270 e. The molecule has 0 aliphatic carbocycles. The van der Waals surface area contributed by atoms with Crippen molar-refractivity contribution in [3.63, 3.8) is 0 Å². The first-order valence-electron chi connectivity index (χ1n) is 7.78. The molecule has 0 unspecified atom stereocenters. The van der Waals surface area contributed by atoms with E-state index >= 15 is 0 Å². The highest BCUT2D eigenvalue weighted by Gasteiger charge is 2.33. The quantitative estimate of drug-likeness (QED) is 0.601. The van der Waals surface area contributed by atoms with E-state index in [4.69, 9.17) is 12.2 Å². The Morgan fingerprint density at radius 3 is 2.38 bits per heavy atom. The summed E-state index contributed by atoms with van der Waals surface area (Å²) >= 11 is 6.55. The van der Waals surface area contributed by atoms with Gasteiger partial charge in [0.1, 0.15) is 0 Å². The minimum atomic E-state index is -1.26. The predicted molar refractivity (Wildman–Crippen MR) is 107 cm³/mol. The van der Waals surface area contributed by atoms with Gasteiger partial charge in [-0.15, -0.1) is 0 Å². The van der Waals surface area contributed by atoms with Gasteiger partial charge in [-0.25, -0.2) is 0 Å². The molecular weight excluding hydrogens is 366 g/mol. The third-order valence-electron chi connectivity index (χ3n) is 3.71. The zero-order chi connectivity index (χ0) is 18.7. The van der Waals surface area contributed by atoms with Gasteiger partial charge in [-0.1, -0.05) is 72.5 Å². The third-order valence-corrected chi connectivity index (χ3v) is 5.01. The molecule has 1 saturated heterocycles. The number of thioether (sulfide) groups is 1. The van der Waals surface area contributed by atoms with Crippen molar-refractivity contribution in [3.05, 3.63) is 82.3 Å². The van der Waals surface area contributed by atoms with Gasteiger partial charge in [0.05, 0.1) is 16.6 Å². The first-order valence-corrected chi connectivity index (χ1v) is 9.01. The topological polar surface area (TPSA) is 60.4 Å². The molecule has 3 rings (SSSR count). The number of nitrogens with zero attached hydrogens (tertiary/aromatic N) is 1. The van der Waals surface area contributed by atoms with Gasteiger partial charge in [-0.3, -0.25) is 9.69 Å². The molecule has 26 heavy (non-hydrogen) atoms. The van der Waals surface area contributed by atoms with E-state index < -0.39 is 5.97 Å². The van der Waals surface area contributed by atoms with Crippen LogP contribution >= 0.6 is 24.0 Å². The lowest BCUT2D eigenvalue weighted by atomic mass is 10.1. The van der Waals surface area contributed by atoms with Crippen molar-refractivity contribution in [1.82, 2.24) is 0 Å². The summed E-state index contributed by atoms with van der Waals surface area (Å²) < 4.78 is 0.412. The number of aromatic carboxylic acids is 1. The lowest BCUT2D eigenvalue weighted by molar-refractivity contribution is -0.255. The van der Waals surface area contributed by atoms with Crippen molar-refractivity contribution in [2.75, 3.05) is 4.90 Å². The summed E-state index contributed by atoms with van der Waals surface area (Å²) in [7, 11) is 0. The Balaban J connectivity index is 1.84. The minimum Gasteiger partial charge on any atom is -0.545 e. The normalized spacial score (nSPS) is 16.4. The molecule has 0 atom stereocenters. The summed E-state index contributed by atoms with van der Waals surface area (Å²) in [6.45, 7) is 1.92. The Labute approximate surface area is 160 Å². The maximum atomic E-state index is 12.7. The molecule has 130 valence electrons. The zero-order valence-corrected chi connectivity index (χ0v) is 15.5. The van der Waals surface area contributed by atoms with Gasteiger partial charge in [0.2, 0.25) is 0 Å². The second-order valence-electron chi connectivity index (χ2n) is 5.65. The fourth-order valence-corrected chi connectivity index (χ4v) is 3.85. The van der Waals surface area contributed by atoms with Gasteiger partial charge in [0, 0.05) is 0 Å². The average molecular weight is 380 g/mol. The van der Waals surface area contributed by atoms with Crippen LogP contribution in [0.25, 0.3) is 6.08 Å². The van der Waals surface area contributed by atoms with Gasteiger partial charge in [0.15, 0.2) is 4.32 Å². The summed E-state index contributed by atoms with van der Waals surface area (Å²) in [6, 6.07) is 15.7. The third kappa shape index (κ3) is 3.92. The van der Waals surface area contributed by atoms with E-state index in [1.54, 1.807) is 12.1 Å². The van der Waals surface area contributed by atoms with Gasteiger partial charge >= 0.3 is 0 Å². The van der Waals surface area contributed by atoms with Crippen LogP contribution in [-0.2, 0) is 4.79 Å². The van der Waals surface area contributed by atoms with Crippen LogP contribution in [-0.4, -0.2) is 16.2 Å². The smallest absolute Gasteiger partial charge is 0.270 e. The van der Waals surface area contributed by atoms with Gasteiger partial charge < -0.3 is 9.90 Å². The van der Waals surface area contributed by atoms with Crippen LogP contribution in [0.5, 0.6) is 0 Å². The average Bonchev–Trinajstić information content (AvgIpc) is 2.89. The van der Waals surface area contributed by atoms with Gasteiger partial charge in [0.25, 0.3) is 5.91 Å². The number of carboxylic acids is 1. The lowest BCUT2D eigenvalue weighted by Crippen LogP contribution is -2.28. The highest BCUT2D eigenvalue weighted by Crippen LogP contribution is 2.35. The zero-order valence-electron chi connectivity index (χ0n) is 13.8. The molecule has 1 aliphatic heterocycles. The Hall–Kier alpha value is -2.70. The molecule has 0 N–H and O–H groups in total. The van der Waals surface area contributed by atoms with Crippen molar-refractivity contribution in [3.8, 4) is 0 Å². The van der Waals surface area contributed by atoms with Crippen molar-refractivity contribution in [2.45, 2.75) is 6.92 Å². The number of anilines is 1. The fraction of sp³-hybridized carbons (Fsp3) is 0.0500. The number of hydrogen-bond acceptors (Lipinski definition) is 5. The van der Waals surface area contributed by atoms with Crippen molar-refractivity contribution in [2.24, 2.45) is 0 Å². The van der Waals surface area contributed by atoms with Gasteiger partial charge in [-0.05, 0) is 41.8 Å². The van der Waals surface area contributed by atoms with E-state index in [1.807, 2.05) is 49.4 Å². The highest BCUT2D eigenvalue weighted by atomic mass is 32.2. The molecule has 1 fully saturated rings. The minimum absolute atomic E-state index is 0.0522. The first kappa shape index (κ1) is 18.1. The standard InChI is InChI=1S/C20H15NO3S2/c1-13(11-14-5-3-2-4-6-14)12-17-18(22)21(20(25)26-17)16-9-7-15(8-10-16)19(23)24/h2-12H,1H3,(H,23,24)/p-1/b13-11-,17-12-. The predicted octanol–water partition coefficient (Wildman–Crippen LogP) is 3.40.